The number of aromatic nitrogens is 1. The van der Waals surface area contributed by atoms with Gasteiger partial charge in [0.1, 0.15) is 0 Å². The van der Waals surface area contributed by atoms with Crippen molar-refractivity contribution in [1.82, 2.24) is 4.98 Å². The van der Waals surface area contributed by atoms with Crippen molar-refractivity contribution in [2.24, 2.45) is 0 Å². The van der Waals surface area contributed by atoms with Crippen LogP contribution in [0.3, 0.4) is 0 Å². The summed E-state index contributed by atoms with van der Waals surface area (Å²) in [5, 5.41) is 12.1. The van der Waals surface area contributed by atoms with Crippen molar-refractivity contribution < 1.29 is 30.0 Å². The van der Waals surface area contributed by atoms with Gasteiger partial charge < -0.3 is 5.11 Å². The predicted octanol–water partition coefficient (Wildman–Crippen LogP) is 6.17. The molecule has 0 saturated heterocycles. The zero-order valence-electron chi connectivity index (χ0n) is 16.6. The molecule has 1 aromatic heterocycles. The Morgan fingerprint density at radius 3 is 2.38 bits per heavy atom. The molecule has 149 valence electrons. The van der Waals surface area contributed by atoms with Crippen molar-refractivity contribution in [2.75, 3.05) is 0 Å². The SMILES string of the molecule is CC(=[OH+])/C=C(/C)O.Cc1ccc2ccc3nc(-c4[c-]cccc4)ccc3c2c1.[Ir]. The van der Waals surface area contributed by atoms with Gasteiger partial charge in [0.15, 0.2) is 0 Å². The second-order valence-electron chi connectivity index (χ2n) is 6.76. The first-order valence-electron chi connectivity index (χ1n) is 9.11. The molecule has 0 spiro atoms. The minimum Gasteiger partial charge on any atom is -0.512 e. The van der Waals surface area contributed by atoms with Gasteiger partial charge in [0.2, 0.25) is 0 Å². The molecule has 0 aliphatic heterocycles. The summed E-state index contributed by atoms with van der Waals surface area (Å²) in [5.74, 6) is 0.250. The quantitative estimate of drug-likeness (QED) is 0.105. The van der Waals surface area contributed by atoms with E-state index >= 15 is 0 Å². The Morgan fingerprint density at radius 2 is 1.76 bits per heavy atom. The third kappa shape index (κ3) is 5.83. The molecular formula is C25H23IrNO2. The number of aryl methyl sites for hydroxylation is 1. The van der Waals surface area contributed by atoms with Gasteiger partial charge in [0.25, 0.3) is 0 Å². The summed E-state index contributed by atoms with van der Waals surface area (Å²) in [7, 11) is 0. The molecule has 3 aromatic carbocycles. The van der Waals surface area contributed by atoms with Crippen LogP contribution >= 0.6 is 0 Å². The van der Waals surface area contributed by atoms with Gasteiger partial charge in [-0.2, -0.15) is 0 Å². The molecule has 0 amide bonds. The van der Waals surface area contributed by atoms with Crippen LogP contribution in [0.2, 0.25) is 0 Å². The number of fused-ring (bicyclic) bond motifs is 3. The fourth-order valence-electron chi connectivity index (χ4n) is 3.05. The molecule has 0 fully saturated rings. The van der Waals surface area contributed by atoms with Gasteiger partial charge in [0.05, 0.1) is 24.3 Å². The van der Waals surface area contributed by atoms with Crippen LogP contribution in [0.15, 0.2) is 78.6 Å². The zero-order valence-corrected chi connectivity index (χ0v) is 19.0. The number of carbonyl (C=O) groups excluding carboxylic acids is 1. The second kappa shape index (κ2) is 10.1. The van der Waals surface area contributed by atoms with E-state index in [1.807, 2.05) is 24.3 Å². The Balaban J connectivity index is 0.000000327. The minimum absolute atomic E-state index is 0. The number of rotatable bonds is 2. The van der Waals surface area contributed by atoms with Crippen molar-refractivity contribution in [3.05, 3.63) is 90.2 Å². The summed E-state index contributed by atoms with van der Waals surface area (Å²) >= 11 is 0. The van der Waals surface area contributed by atoms with Gasteiger partial charge in [-0.3, -0.25) is 9.78 Å². The average Bonchev–Trinajstić information content (AvgIpc) is 2.67. The summed E-state index contributed by atoms with van der Waals surface area (Å²) in [4.78, 5) is 13.2. The van der Waals surface area contributed by atoms with E-state index in [0.717, 1.165) is 16.8 Å². The van der Waals surface area contributed by atoms with Gasteiger partial charge in [0, 0.05) is 25.5 Å². The van der Waals surface area contributed by atoms with Crippen LogP contribution in [0.4, 0.5) is 0 Å². The van der Waals surface area contributed by atoms with E-state index in [1.54, 1.807) is 0 Å². The number of pyridine rings is 1. The van der Waals surface area contributed by atoms with E-state index in [0.29, 0.717) is 0 Å². The first kappa shape index (κ1) is 22.5. The van der Waals surface area contributed by atoms with Gasteiger partial charge >= 0.3 is 5.78 Å². The topological polar surface area (TPSA) is 54.5 Å². The number of nitrogens with zero attached hydrogens (tertiary/aromatic N) is 1. The number of aliphatic hydroxyl groups excluding tert-OH is 1. The Kier molecular flexibility index (Phi) is 7.83. The van der Waals surface area contributed by atoms with Crippen molar-refractivity contribution in [3.8, 4) is 11.3 Å². The van der Waals surface area contributed by atoms with E-state index in [1.165, 1.54) is 41.6 Å². The molecule has 1 heterocycles. The molecule has 4 rings (SSSR count). The normalized spacial score (nSPS) is 10.8. The molecule has 0 atom stereocenters. The van der Waals surface area contributed by atoms with Crippen molar-refractivity contribution in [1.29, 1.82) is 0 Å². The van der Waals surface area contributed by atoms with Crippen LogP contribution in [0.25, 0.3) is 32.9 Å². The van der Waals surface area contributed by atoms with Gasteiger partial charge in [-0.05, 0) is 36.4 Å². The molecule has 0 aliphatic carbocycles. The largest absolute Gasteiger partial charge is 0.512 e. The Morgan fingerprint density at radius 1 is 1.00 bits per heavy atom. The molecule has 4 heteroatoms. The van der Waals surface area contributed by atoms with Crippen molar-refractivity contribution in [3.63, 3.8) is 0 Å². The van der Waals surface area contributed by atoms with E-state index in [2.05, 4.69) is 55.5 Å². The maximum atomic E-state index is 8.40. The third-order valence-corrected chi connectivity index (χ3v) is 4.25. The Labute approximate surface area is 184 Å². The molecule has 4 aromatic rings. The summed E-state index contributed by atoms with van der Waals surface area (Å²) < 4.78 is 0. The van der Waals surface area contributed by atoms with Crippen molar-refractivity contribution in [2.45, 2.75) is 20.8 Å². The summed E-state index contributed by atoms with van der Waals surface area (Å²) in [6.07, 6.45) is 1.28. The minimum atomic E-state index is 0. The van der Waals surface area contributed by atoms with Gasteiger partial charge in [-0.25, -0.2) is 0 Å². The second-order valence-corrected chi connectivity index (χ2v) is 6.76. The van der Waals surface area contributed by atoms with Crippen LogP contribution in [-0.4, -0.2) is 20.7 Å². The zero-order chi connectivity index (χ0) is 20.1. The molecule has 2 N–H and O–H groups in total. The summed E-state index contributed by atoms with van der Waals surface area (Å²) in [6.45, 7) is 5.12. The molecule has 29 heavy (non-hydrogen) atoms. The third-order valence-electron chi connectivity index (χ3n) is 4.25. The fraction of sp³-hybridized carbons (Fsp3) is 0.120. The molecule has 0 saturated carbocycles. The van der Waals surface area contributed by atoms with E-state index < -0.39 is 0 Å². The van der Waals surface area contributed by atoms with E-state index in [-0.39, 0.29) is 31.6 Å². The molecule has 0 bridgehead atoms. The van der Waals surface area contributed by atoms with Crippen LogP contribution in [0.5, 0.6) is 0 Å². The summed E-state index contributed by atoms with van der Waals surface area (Å²) in [5.41, 5.74) is 4.30. The molecule has 1 radical (unpaired) electrons. The number of allylic oxidation sites excluding steroid dienone is 2. The van der Waals surface area contributed by atoms with Crippen LogP contribution in [0, 0.1) is 13.0 Å². The number of aliphatic hydroxyl groups is 1. The Bertz CT molecular complexity index is 1160. The predicted molar refractivity (Wildman–Crippen MR) is 117 cm³/mol. The standard InChI is InChI=1S/C20H14N.C5H8O2.Ir/c1-14-7-8-15-9-11-20-17(18(15)13-14)10-12-19(21-20)16-5-3-2-4-6-16;1-4(6)3-5(2)7;/h2-5,7-13H,1H3;3,6H,1-2H3;/q-1;;/p+1/b;4-3-;. The number of hydrogen-bond acceptors (Lipinski definition) is 2. The maximum Gasteiger partial charge on any atom is 0.316 e. The van der Waals surface area contributed by atoms with Gasteiger partial charge in [-0.1, -0.05) is 42.0 Å². The number of hydrogen-bond donors (Lipinski definition) is 1. The monoisotopic (exact) mass is 562 g/mol. The van der Waals surface area contributed by atoms with Gasteiger partial charge in [-0.15, -0.1) is 35.9 Å². The van der Waals surface area contributed by atoms with Crippen molar-refractivity contribution >= 4 is 27.5 Å². The first-order chi connectivity index (χ1) is 13.4. The van der Waals surface area contributed by atoms with Crippen LogP contribution in [-0.2, 0) is 20.1 Å². The molecular weight excluding hydrogens is 538 g/mol. The molecule has 3 nitrogen and oxygen atoms in total. The van der Waals surface area contributed by atoms with E-state index in [9.17, 15) is 0 Å². The molecule has 0 unspecified atom stereocenters. The first-order valence-corrected chi connectivity index (χ1v) is 9.11. The van der Waals surface area contributed by atoms with E-state index in [4.69, 9.17) is 14.9 Å². The molecule has 0 aliphatic rings. The number of benzene rings is 3. The fourth-order valence-corrected chi connectivity index (χ4v) is 3.05. The average molecular weight is 562 g/mol. The van der Waals surface area contributed by atoms with Crippen LogP contribution in [0.1, 0.15) is 19.4 Å². The Hall–Kier alpha value is -2.81. The number of ketones is 1. The smallest absolute Gasteiger partial charge is 0.316 e. The van der Waals surface area contributed by atoms with Crippen LogP contribution < -0.4 is 0 Å². The maximum absolute atomic E-state index is 8.40. The summed E-state index contributed by atoms with van der Waals surface area (Å²) in [6, 6.07) is 26.2.